The molecule has 1 spiro atoms. The van der Waals surface area contributed by atoms with Gasteiger partial charge in [0.25, 0.3) is 0 Å². The summed E-state index contributed by atoms with van der Waals surface area (Å²) in [5.41, 5.74) is 6.37. The van der Waals surface area contributed by atoms with Crippen LogP contribution in [0.2, 0.25) is 5.02 Å². The number of amides is 2. The number of halogens is 2. The van der Waals surface area contributed by atoms with Crippen LogP contribution in [0.5, 0.6) is 0 Å². The number of benzene rings is 1. The SMILES string of the molecule is Cl.O=C1CCC(=O)N1Cc1cc2nccc(-c3cc(Cl)cc4c3N([C@H]3CNC5(CCC5)C3)C[C@@H]3C[C@H]43)c2s1. The van der Waals surface area contributed by atoms with E-state index in [9.17, 15) is 9.59 Å². The summed E-state index contributed by atoms with van der Waals surface area (Å²) in [5, 5.41) is 4.67. The Morgan fingerprint density at radius 1 is 1.13 bits per heavy atom. The molecule has 0 bridgehead atoms. The molecular weight excluding hydrogens is 539 g/mol. The highest BCUT2D eigenvalue weighted by Gasteiger charge is 2.51. The minimum atomic E-state index is -0.0800. The minimum Gasteiger partial charge on any atom is -0.366 e. The van der Waals surface area contributed by atoms with E-state index in [4.69, 9.17) is 11.6 Å². The maximum atomic E-state index is 12.2. The van der Waals surface area contributed by atoms with E-state index in [0.717, 1.165) is 44.7 Å². The topological polar surface area (TPSA) is 65.5 Å². The largest absolute Gasteiger partial charge is 0.366 e. The average molecular weight is 570 g/mol. The van der Waals surface area contributed by atoms with Crippen molar-refractivity contribution in [2.75, 3.05) is 18.0 Å². The van der Waals surface area contributed by atoms with Crippen molar-refractivity contribution < 1.29 is 9.59 Å². The Labute approximate surface area is 237 Å². The molecule has 3 aliphatic heterocycles. The zero-order valence-electron chi connectivity index (χ0n) is 21.0. The molecule has 198 valence electrons. The molecule has 4 fully saturated rings. The third-order valence-corrected chi connectivity index (χ3v) is 10.8. The molecule has 2 aliphatic carbocycles. The van der Waals surface area contributed by atoms with Crippen molar-refractivity contribution in [3.05, 3.63) is 45.9 Å². The summed E-state index contributed by atoms with van der Waals surface area (Å²) in [7, 11) is 0. The second kappa shape index (κ2) is 8.91. The van der Waals surface area contributed by atoms with E-state index in [0.29, 0.717) is 36.9 Å². The van der Waals surface area contributed by atoms with Gasteiger partial charge in [-0.1, -0.05) is 11.6 Å². The zero-order valence-corrected chi connectivity index (χ0v) is 23.4. The maximum Gasteiger partial charge on any atom is 0.230 e. The summed E-state index contributed by atoms with van der Waals surface area (Å²) in [4.78, 5) is 34.2. The average Bonchev–Trinajstić information content (AvgIpc) is 3.18. The van der Waals surface area contributed by atoms with Gasteiger partial charge in [0, 0.05) is 70.4 Å². The number of rotatable bonds is 4. The van der Waals surface area contributed by atoms with Crippen molar-refractivity contribution >= 4 is 63.1 Å². The molecule has 9 heteroatoms. The van der Waals surface area contributed by atoms with E-state index in [1.54, 1.807) is 11.3 Å². The van der Waals surface area contributed by atoms with Gasteiger partial charge in [-0.2, -0.15) is 0 Å². The van der Waals surface area contributed by atoms with Crippen molar-refractivity contribution in [1.29, 1.82) is 0 Å². The van der Waals surface area contributed by atoms with Gasteiger partial charge in [-0.3, -0.25) is 19.5 Å². The van der Waals surface area contributed by atoms with Crippen LogP contribution >= 0.6 is 35.3 Å². The Bertz CT molecular complexity index is 1470. The van der Waals surface area contributed by atoms with Crippen LogP contribution in [-0.4, -0.2) is 46.4 Å². The van der Waals surface area contributed by atoms with Gasteiger partial charge in [0.2, 0.25) is 11.8 Å². The molecule has 2 amide bonds. The summed E-state index contributed by atoms with van der Waals surface area (Å²) < 4.78 is 1.10. The molecule has 8 rings (SSSR count). The molecule has 0 unspecified atom stereocenters. The Balaban J connectivity index is 0.00000242. The third kappa shape index (κ3) is 3.80. The molecule has 2 saturated carbocycles. The fourth-order valence-electron chi connectivity index (χ4n) is 7.30. The summed E-state index contributed by atoms with van der Waals surface area (Å²) in [6.07, 6.45) is 8.92. The van der Waals surface area contributed by atoms with Gasteiger partial charge in [0.15, 0.2) is 0 Å². The second-order valence-corrected chi connectivity index (χ2v) is 13.3. The normalized spacial score (nSPS) is 26.9. The van der Waals surface area contributed by atoms with Crippen LogP contribution in [0.15, 0.2) is 30.5 Å². The van der Waals surface area contributed by atoms with Crippen LogP contribution in [0.1, 0.15) is 61.3 Å². The number of hydrogen-bond donors (Lipinski definition) is 1. The highest BCUT2D eigenvalue weighted by atomic mass is 35.5. The first-order valence-corrected chi connectivity index (χ1v) is 14.7. The van der Waals surface area contributed by atoms with Crippen molar-refractivity contribution in [2.24, 2.45) is 5.92 Å². The molecule has 2 saturated heterocycles. The second-order valence-electron chi connectivity index (χ2n) is 11.7. The highest BCUT2D eigenvalue weighted by Crippen LogP contribution is 2.59. The maximum absolute atomic E-state index is 12.2. The van der Waals surface area contributed by atoms with Gasteiger partial charge >= 0.3 is 0 Å². The van der Waals surface area contributed by atoms with Gasteiger partial charge in [-0.25, -0.2) is 0 Å². The zero-order chi connectivity index (χ0) is 24.9. The summed E-state index contributed by atoms with van der Waals surface area (Å²) in [6.45, 7) is 2.50. The lowest BCUT2D eigenvalue weighted by Gasteiger charge is -2.41. The van der Waals surface area contributed by atoms with Crippen molar-refractivity contribution in [3.8, 4) is 11.1 Å². The number of carbonyl (C=O) groups excluding carboxylic acids is 2. The first-order chi connectivity index (χ1) is 18.0. The molecule has 3 aromatic rings. The van der Waals surface area contributed by atoms with Crippen LogP contribution in [0.3, 0.4) is 0 Å². The fourth-order valence-corrected chi connectivity index (χ4v) is 8.66. The Morgan fingerprint density at radius 2 is 1.95 bits per heavy atom. The molecule has 0 radical (unpaired) electrons. The number of carbonyl (C=O) groups is 2. The number of thiophene rings is 1. The van der Waals surface area contributed by atoms with E-state index in [-0.39, 0.29) is 24.2 Å². The number of aromatic nitrogens is 1. The van der Waals surface area contributed by atoms with Gasteiger partial charge in [-0.05, 0) is 73.8 Å². The number of likely N-dealkylation sites (tertiary alicyclic amines) is 1. The first-order valence-electron chi connectivity index (χ1n) is 13.5. The highest BCUT2D eigenvalue weighted by molar-refractivity contribution is 7.19. The van der Waals surface area contributed by atoms with E-state index in [2.05, 4.69) is 33.4 Å². The lowest BCUT2D eigenvalue weighted by Crippen LogP contribution is -2.46. The molecule has 3 atom stereocenters. The van der Waals surface area contributed by atoms with Crippen LogP contribution in [0.25, 0.3) is 21.3 Å². The van der Waals surface area contributed by atoms with Crippen LogP contribution in [0.4, 0.5) is 5.69 Å². The number of imide groups is 1. The summed E-state index contributed by atoms with van der Waals surface area (Å²) >= 11 is 8.42. The van der Waals surface area contributed by atoms with E-state index in [1.807, 2.05) is 12.3 Å². The number of pyridine rings is 1. The molecular formula is C29H30Cl2N4O2S. The quantitative estimate of drug-likeness (QED) is 0.397. The Kier molecular flexibility index (Phi) is 5.82. The van der Waals surface area contributed by atoms with Crippen molar-refractivity contribution in [1.82, 2.24) is 15.2 Å². The number of anilines is 1. The minimum absolute atomic E-state index is 0. The van der Waals surface area contributed by atoms with Gasteiger partial charge in [-0.15, -0.1) is 23.7 Å². The molecule has 5 aliphatic rings. The summed E-state index contributed by atoms with van der Waals surface area (Å²) in [6, 6.07) is 9.00. The van der Waals surface area contributed by atoms with Gasteiger partial charge in [0.1, 0.15) is 0 Å². The molecule has 6 nitrogen and oxygen atoms in total. The van der Waals surface area contributed by atoms with Gasteiger partial charge in [0.05, 0.1) is 16.8 Å². The number of hydrogen-bond acceptors (Lipinski definition) is 6. The van der Waals surface area contributed by atoms with Crippen molar-refractivity contribution in [2.45, 2.75) is 69.0 Å². The third-order valence-electron chi connectivity index (χ3n) is 9.46. The molecule has 1 N–H and O–H groups in total. The lowest BCUT2D eigenvalue weighted by molar-refractivity contribution is -0.138. The lowest BCUT2D eigenvalue weighted by atomic mass is 9.75. The monoisotopic (exact) mass is 568 g/mol. The Hall–Kier alpha value is -2.19. The van der Waals surface area contributed by atoms with Gasteiger partial charge < -0.3 is 10.2 Å². The predicted octanol–water partition coefficient (Wildman–Crippen LogP) is 5.90. The number of nitrogens with one attached hydrogen (secondary N) is 1. The number of nitrogens with zero attached hydrogens (tertiary/aromatic N) is 3. The van der Waals surface area contributed by atoms with E-state index >= 15 is 0 Å². The van der Waals surface area contributed by atoms with Crippen LogP contribution < -0.4 is 10.2 Å². The molecule has 5 heterocycles. The summed E-state index contributed by atoms with van der Waals surface area (Å²) in [5.74, 6) is 1.18. The van der Waals surface area contributed by atoms with Crippen LogP contribution in [0, 0.1) is 5.92 Å². The molecule has 2 aromatic heterocycles. The van der Waals surface area contributed by atoms with Crippen molar-refractivity contribution in [3.63, 3.8) is 0 Å². The molecule has 38 heavy (non-hydrogen) atoms. The smallest absolute Gasteiger partial charge is 0.230 e. The van der Waals surface area contributed by atoms with Crippen LogP contribution in [-0.2, 0) is 16.1 Å². The Morgan fingerprint density at radius 3 is 2.68 bits per heavy atom. The first kappa shape index (κ1) is 24.8. The number of fused-ring (bicyclic) bond motifs is 4. The predicted molar refractivity (Wildman–Crippen MR) is 153 cm³/mol. The van der Waals surface area contributed by atoms with E-state index in [1.165, 1.54) is 53.8 Å². The molecule has 1 aromatic carbocycles. The standard InChI is InChI=1S/C29H29ClN4O2S.ClH/c30-17-9-22(20-4-7-31-24-11-19(37-28(20)24)15-34-25(35)2-3-26(34)36)27-23(10-17)21-8-16(21)14-33(27)18-12-29(32-13-18)5-1-6-29;/h4,7,9-11,16,18,21,32H,1-3,5-6,8,12-15H2;1H/t16-,18+,21-;/m0./s1. The van der Waals surface area contributed by atoms with E-state index < -0.39 is 0 Å². The fraction of sp³-hybridized carbons (Fsp3) is 0.483.